The molecule has 0 aliphatic heterocycles. The number of halogens is 3. The van der Waals surface area contributed by atoms with Crippen molar-refractivity contribution in [3.05, 3.63) is 28.5 Å². The molecule has 1 N–H and O–H groups in total. The molecule has 0 spiro atoms. The molecule has 0 aromatic carbocycles. The van der Waals surface area contributed by atoms with Crippen LogP contribution in [0, 0.1) is 0 Å². The first-order chi connectivity index (χ1) is 4.33. The van der Waals surface area contributed by atoms with Crippen molar-refractivity contribution in [3.63, 3.8) is 0 Å². The van der Waals surface area contributed by atoms with Crippen molar-refractivity contribution in [1.29, 1.82) is 0 Å². The van der Waals surface area contributed by atoms with Crippen LogP contribution in [-0.2, 0) is 5.88 Å². The van der Waals surface area contributed by atoms with E-state index in [1.807, 2.05) is 18.3 Å². The van der Waals surface area contributed by atoms with Gasteiger partial charge < -0.3 is 12.4 Å². The largest absolute Gasteiger partial charge is 1.00 e. The normalized spacial score (nSPS) is 8.60. The van der Waals surface area contributed by atoms with Crippen LogP contribution < -0.4 is 17.4 Å². The predicted molar refractivity (Wildman–Crippen MR) is 40.3 cm³/mol. The van der Waals surface area contributed by atoms with Crippen molar-refractivity contribution in [2.45, 2.75) is 5.88 Å². The maximum Gasteiger partial charge on any atom is 0.194 e. The van der Waals surface area contributed by atoms with Gasteiger partial charge in [-0.3, -0.25) is 0 Å². The van der Waals surface area contributed by atoms with Crippen LogP contribution in [0.4, 0.5) is 0 Å². The number of pyridine rings is 1. The molecule has 0 amide bonds. The van der Waals surface area contributed by atoms with E-state index in [0.29, 0.717) is 5.88 Å². The smallest absolute Gasteiger partial charge is 0.194 e. The molecule has 0 unspecified atom stereocenters. The number of nitrogens with one attached hydrogen (secondary N) is 1. The monoisotopic (exact) mass is 241 g/mol. The lowest BCUT2D eigenvalue weighted by atomic mass is 10.4. The quantitative estimate of drug-likeness (QED) is 0.562. The lowest BCUT2D eigenvalue weighted by molar-refractivity contribution is -0.389. The van der Waals surface area contributed by atoms with Crippen molar-refractivity contribution in [3.8, 4) is 0 Å². The maximum absolute atomic E-state index is 5.53. The Balaban J connectivity index is 0.000000810. The zero-order chi connectivity index (χ0) is 6.69. The molecule has 0 saturated heterocycles. The van der Waals surface area contributed by atoms with Crippen LogP contribution in [0.3, 0.4) is 0 Å². The van der Waals surface area contributed by atoms with Gasteiger partial charge in [-0.05, 0) is 22.0 Å². The van der Waals surface area contributed by atoms with Gasteiger partial charge in [-0.15, -0.1) is 11.6 Å². The summed E-state index contributed by atoms with van der Waals surface area (Å²) in [6, 6.07) is 3.89. The number of aromatic amines is 1. The van der Waals surface area contributed by atoms with Crippen LogP contribution in [0.1, 0.15) is 5.69 Å². The third-order valence-corrected chi connectivity index (χ3v) is 1.76. The minimum absolute atomic E-state index is 0. The number of hydrogen-bond acceptors (Lipinski definition) is 0. The molecule has 0 bridgehead atoms. The summed E-state index contributed by atoms with van der Waals surface area (Å²) in [4.78, 5) is 3.01. The van der Waals surface area contributed by atoms with Gasteiger partial charge in [0.25, 0.3) is 0 Å². The summed E-state index contributed by atoms with van der Waals surface area (Å²) in [6.07, 6.45) is 1.86. The van der Waals surface area contributed by atoms with E-state index in [2.05, 4.69) is 20.9 Å². The van der Waals surface area contributed by atoms with E-state index in [1.54, 1.807) is 0 Å². The van der Waals surface area contributed by atoms with E-state index in [9.17, 15) is 0 Å². The Kier molecular flexibility index (Phi) is 5.04. The van der Waals surface area contributed by atoms with E-state index in [4.69, 9.17) is 11.6 Å². The van der Waals surface area contributed by atoms with Gasteiger partial charge in [-0.25, -0.2) is 4.98 Å². The van der Waals surface area contributed by atoms with Gasteiger partial charge in [0.15, 0.2) is 11.9 Å². The first-order valence-electron chi connectivity index (χ1n) is 2.55. The molecule has 0 atom stereocenters. The Morgan fingerprint density at radius 2 is 2.20 bits per heavy atom. The fourth-order valence-corrected chi connectivity index (χ4v) is 0.934. The summed E-state index contributed by atoms with van der Waals surface area (Å²) in [5, 5.41) is 0. The molecule has 1 rings (SSSR count). The number of aromatic nitrogens is 1. The lowest BCUT2D eigenvalue weighted by Gasteiger charge is -1.84. The molecule has 0 radical (unpaired) electrons. The van der Waals surface area contributed by atoms with Gasteiger partial charge in [-0.2, -0.15) is 0 Å². The van der Waals surface area contributed by atoms with E-state index in [1.165, 1.54) is 0 Å². The Labute approximate surface area is 79.3 Å². The topological polar surface area (TPSA) is 14.1 Å². The first-order valence-corrected chi connectivity index (χ1v) is 3.88. The Morgan fingerprint density at radius 3 is 2.60 bits per heavy atom. The lowest BCUT2D eigenvalue weighted by Crippen LogP contribution is -3.00. The second-order valence-corrected chi connectivity index (χ2v) is 2.85. The summed E-state index contributed by atoms with van der Waals surface area (Å²) < 4.78 is 1.04. The summed E-state index contributed by atoms with van der Waals surface area (Å²) in [6.45, 7) is 0. The van der Waals surface area contributed by atoms with E-state index in [0.717, 1.165) is 10.2 Å². The fourth-order valence-electron chi connectivity index (χ4n) is 0.521. The highest BCUT2D eigenvalue weighted by Gasteiger charge is 1.96. The molecule has 4 heteroatoms. The first kappa shape index (κ1) is 10.2. The van der Waals surface area contributed by atoms with Gasteiger partial charge in [0.05, 0.1) is 4.47 Å². The number of rotatable bonds is 1. The number of H-pyrrole nitrogens is 1. The zero-order valence-electron chi connectivity index (χ0n) is 5.07. The number of hydrogen-bond donors (Lipinski definition) is 0. The fraction of sp³-hybridized carbons (Fsp3) is 0.167. The molecule has 0 aliphatic rings. The van der Waals surface area contributed by atoms with Crippen molar-refractivity contribution in [1.82, 2.24) is 0 Å². The number of alkyl halides is 1. The summed E-state index contributed by atoms with van der Waals surface area (Å²) in [5.74, 6) is 0.535. The molecule has 56 valence electrons. The molecular formula is C6H6BrCl2N. The average molecular weight is 243 g/mol. The van der Waals surface area contributed by atoms with Crippen molar-refractivity contribution >= 4 is 27.5 Å². The summed E-state index contributed by atoms with van der Waals surface area (Å²) >= 11 is 8.83. The summed E-state index contributed by atoms with van der Waals surface area (Å²) in [7, 11) is 0. The highest BCUT2D eigenvalue weighted by atomic mass is 79.9. The summed E-state index contributed by atoms with van der Waals surface area (Å²) in [5.41, 5.74) is 1.03. The van der Waals surface area contributed by atoms with Gasteiger partial charge >= 0.3 is 0 Å². The van der Waals surface area contributed by atoms with Gasteiger partial charge in [0.2, 0.25) is 0 Å². The van der Waals surface area contributed by atoms with Crippen molar-refractivity contribution < 1.29 is 17.4 Å². The van der Waals surface area contributed by atoms with Gasteiger partial charge in [-0.1, -0.05) is 0 Å². The van der Waals surface area contributed by atoms with Gasteiger partial charge in [0, 0.05) is 6.07 Å². The standard InChI is InChI=1S/C6H5BrClN.ClH/c7-5-1-2-6(3-8)9-4-5;/h1-2,4H,3H2;1H. The van der Waals surface area contributed by atoms with E-state index < -0.39 is 0 Å². The molecule has 0 saturated carbocycles. The second-order valence-electron chi connectivity index (χ2n) is 1.67. The molecular weight excluding hydrogens is 237 g/mol. The SMILES string of the molecule is ClCc1ccc(Br)c[nH+]1.[Cl-]. The molecule has 1 aromatic rings. The van der Waals surface area contributed by atoms with Crippen molar-refractivity contribution in [2.75, 3.05) is 0 Å². The van der Waals surface area contributed by atoms with Crippen LogP contribution in [0.15, 0.2) is 22.8 Å². The molecule has 0 aliphatic carbocycles. The maximum atomic E-state index is 5.53. The van der Waals surface area contributed by atoms with Crippen LogP contribution in [-0.4, -0.2) is 0 Å². The predicted octanol–water partition coefficient (Wildman–Crippen LogP) is -0.994. The Bertz CT molecular complexity index is 187. The van der Waals surface area contributed by atoms with Crippen LogP contribution in [0.5, 0.6) is 0 Å². The second kappa shape index (κ2) is 4.94. The molecule has 1 nitrogen and oxygen atoms in total. The minimum Gasteiger partial charge on any atom is -1.00 e. The zero-order valence-corrected chi connectivity index (χ0v) is 8.17. The van der Waals surface area contributed by atoms with E-state index in [-0.39, 0.29) is 12.4 Å². The molecule has 0 fully saturated rings. The molecule has 1 aromatic heterocycles. The third kappa shape index (κ3) is 2.86. The highest BCUT2D eigenvalue weighted by molar-refractivity contribution is 9.10. The Hall–Kier alpha value is 0.210. The minimum atomic E-state index is 0. The average Bonchev–Trinajstić information content (AvgIpc) is 1.90. The van der Waals surface area contributed by atoms with Crippen molar-refractivity contribution in [2.24, 2.45) is 0 Å². The van der Waals surface area contributed by atoms with Crippen LogP contribution >= 0.6 is 27.5 Å². The van der Waals surface area contributed by atoms with Crippen LogP contribution in [0.25, 0.3) is 0 Å². The van der Waals surface area contributed by atoms with Gasteiger partial charge in [0.1, 0.15) is 5.88 Å². The molecule has 10 heavy (non-hydrogen) atoms. The van der Waals surface area contributed by atoms with E-state index >= 15 is 0 Å². The molecule has 1 heterocycles. The highest BCUT2D eigenvalue weighted by Crippen LogP contribution is 2.05. The van der Waals surface area contributed by atoms with Crippen LogP contribution in [0.2, 0.25) is 0 Å². The Morgan fingerprint density at radius 1 is 1.50 bits per heavy atom. The third-order valence-electron chi connectivity index (χ3n) is 0.983.